The first-order valence-corrected chi connectivity index (χ1v) is 11.5. The normalized spacial score (nSPS) is 15.2. The number of halogens is 2. The Hall–Kier alpha value is -1.58. The summed E-state index contributed by atoms with van der Waals surface area (Å²) >= 11 is 5.85. The molecule has 6 nitrogen and oxygen atoms in total. The minimum atomic E-state index is 0. The molecule has 1 aromatic carbocycles. The van der Waals surface area contributed by atoms with Gasteiger partial charge in [0.25, 0.3) is 0 Å². The summed E-state index contributed by atoms with van der Waals surface area (Å²) in [5.74, 6) is 2.45. The van der Waals surface area contributed by atoms with Gasteiger partial charge >= 0.3 is 0 Å². The predicted molar refractivity (Wildman–Crippen MR) is 143 cm³/mol. The van der Waals surface area contributed by atoms with Crippen LogP contribution in [0.1, 0.15) is 30.9 Å². The maximum Gasteiger partial charge on any atom is 0.191 e. The summed E-state index contributed by atoms with van der Waals surface area (Å²) in [6.07, 6.45) is 5.09. The van der Waals surface area contributed by atoms with Crippen molar-refractivity contribution in [3.8, 4) is 5.75 Å². The van der Waals surface area contributed by atoms with Crippen molar-refractivity contribution >= 4 is 41.5 Å². The summed E-state index contributed by atoms with van der Waals surface area (Å²) in [5, 5.41) is 7.31. The molecule has 0 unspecified atom stereocenters. The molecule has 2 heterocycles. The van der Waals surface area contributed by atoms with E-state index in [1.165, 1.54) is 18.4 Å². The van der Waals surface area contributed by atoms with Crippen molar-refractivity contribution in [2.24, 2.45) is 10.9 Å². The molecule has 0 saturated carbocycles. The zero-order valence-corrected chi connectivity index (χ0v) is 22.1. The van der Waals surface area contributed by atoms with Gasteiger partial charge in [0.2, 0.25) is 0 Å². The monoisotopic (exact) mass is 571 g/mol. The first-order valence-electron chi connectivity index (χ1n) is 11.1. The van der Waals surface area contributed by atoms with Gasteiger partial charge in [-0.05, 0) is 74.5 Å². The molecule has 0 bridgehead atoms. The minimum Gasteiger partial charge on any atom is -0.497 e. The van der Waals surface area contributed by atoms with Crippen LogP contribution in [0.4, 0.5) is 0 Å². The van der Waals surface area contributed by atoms with Crippen LogP contribution in [0.5, 0.6) is 5.75 Å². The smallest absolute Gasteiger partial charge is 0.191 e. The fraction of sp³-hybridized carbons (Fsp3) is 0.500. The van der Waals surface area contributed by atoms with E-state index in [1.807, 2.05) is 30.5 Å². The lowest BCUT2D eigenvalue weighted by molar-refractivity contribution is 0.180. The molecule has 1 saturated heterocycles. The SMILES string of the molecule is CCNC(=NCC1CCN(Cc2ccc(OC)cc2)CC1)NCCc1ccc(Cl)nc1.I. The van der Waals surface area contributed by atoms with Crippen LogP contribution in [0.3, 0.4) is 0 Å². The van der Waals surface area contributed by atoms with Gasteiger partial charge < -0.3 is 15.4 Å². The molecule has 32 heavy (non-hydrogen) atoms. The summed E-state index contributed by atoms with van der Waals surface area (Å²) in [4.78, 5) is 11.5. The second-order valence-electron chi connectivity index (χ2n) is 7.95. The van der Waals surface area contributed by atoms with Crippen LogP contribution in [-0.4, -0.2) is 55.7 Å². The number of ether oxygens (including phenoxy) is 1. The van der Waals surface area contributed by atoms with Crippen LogP contribution >= 0.6 is 35.6 Å². The topological polar surface area (TPSA) is 61.8 Å². The van der Waals surface area contributed by atoms with Gasteiger partial charge in [-0.3, -0.25) is 9.89 Å². The molecule has 1 aliphatic rings. The number of guanidine groups is 1. The number of piperidine rings is 1. The van der Waals surface area contributed by atoms with Crippen molar-refractivity contribution in [2.45, 2.75) is 32.7 Å². The fourth-order valence-electron chi connectivity index (χ4n) is 3.76. The minimum absolute atomic E-state index is 0. The summed E-state index contributed by atoms with van der Waals surface area (Å²) in [6.45, 7) is 7.89. The number of aromatic nitrogens is 1. The lowest BCUT2D eigenvalue weighted by atomic mass is 9.96. The summed E-state index contributed by atoms with van der Waals surface area (Å²) in [6, 6.07) is 12.2. The highest BCUT2D eigenvalue weighted by Gasteiger charge is 2.19. The van der Waals surface area contributed by atoms with E-state index in [2.05, 4.69) is 39.6 Å². The Bertz CT molecular complexity index is 808. The van der Waals surface area contributed by atoms with E-state index in [1.54, 1.807) is 7.11 Å². The fourth-order valence-corrected chi connectivity index (χ4v) is 3.87. The van der Waals surface area contributed by atoms with E-state index < -0.39 is 0 Å². The van der Waals surface area contributed by atoms with Crippen LogP contribution in [0.25, 0.3) is 0 Å². The van der Waals surface area contributed by atoms with E-state index in [4.69, 9.17) is 21.3 Å². The lowest BCUT2D eigenvalue weighted by Crippen LogP contribution is -2.39. The molecule has 2 N–H and O–H groups in total. The van der Waals surface area contributed by atoms with Crippen molar-refractivity contribution < 1.29 is 4.74 Å². The molecule has 1 aromatic heterocycles. The Labute approximate surface area is 214 Å². The van der Waals surface area contributed by atoms with Crippen molar-refractivity contribution in [3.63, 3.8) is 0 Å². The van der Waals surface area contributed by atoms with Crippen LogP contribution in [0.2, 0.25) is 5.15 Å². The van der Waals surface area contributed by atoms with Gasteiger partial charge in [-0.2, -0.15) is 0 Å². The van der Waals surface area contributed by atoms with Gasteiger partial charge in [-0.1, -0.05) is 29.8 Å². The molecular formula is C24H35ClIN5O. The standard InChI is InChI=1S/C24H34ClN5O.HI/c1-3-26-24(27-13-10-19-6-9-23(25)28-16-19)29-17-20-11-14-30(15-12-20)18-21-4-7-22(31-2)8-5-21;/h4-9,16,20H,3,10-15,17-18H2,1-2H3,(H2,26,27,29);1H. The van der Waals surface area contributed by atoms with Gasteiger partial charge in [0.15, 0.2) is 5.96 Å². The van der Waals surface area contributed by atoms with Gasteiger partial charge in [-0.15, -0.1) is 24.0 Å². The summed E-state index contributed by atoms with van der Waals surface area (Å²) in [5.41, 5.74) is 2.50. The van der Waals surface area contributed by atoms with Crippen molar-refractivity contribution in [2.75, 3.05) is 39.8 Å². The quantitative estimate of drug-likeness (QED) is 0.203. The van der Waals surface area contributed by atoms with Gasteiger partial charge in [-0.25, -0.2) is 4.98 Å². The predicted octanol–water partition coefficient (Wildman–Crippen LogP) is 4.37. The maximum absolute atomic E-state index is 5.85. The number of aliphatic imine (C=N–C) groups is 1. The highest BCUT2D eigenvalue weighted by Crippen LogP contribution is 2.20. The van der Waals surface area contributed by atoms with E-state index in [9.17, 15) is 0 Å². The largest absolute Gasteiger partial charge is 0.497 e. The molecule has 0 spiro atoms. The first kappa shape index (κ1) is 26.7. The Balaban J connectivity index is 0.00000363. The van der Waals surface area contributed by atoms with Crippen molar-refractivity contribution in [3.05, 3.63) is 58.9 Å². The zero-order chi connectivity index (χ0) is 21.9. The Kier molecular flexibility index (Phi) is 12.1. The Morgan fingerprint density at radius 3 is 2.47 bits per heavy atom. The number of pyridine rings is 1. The number of likely N-dealkylation sites (tertiary alicyclic amines) is 1. The second-order valence-corrected chi connectivity index (χ2v) is 8.34. The van der Waals surface area contributed by atoms with Gasteiger partial charge in [0.05, 0.1) is 7.11 Å². The molecule has 0 radical (unpaired) electrons. The van der Waals surface area contributed by atoms with E-state index in [-0.39, 0.29) is 24.0 Å². The molecule has 1 aliphatic heterocycles. The molecule has 0 aliphatic carbocycles. The Morgan fingerprint density at radius 1 is 1.12 bits per heavy atom. The average Bonchev–Trinajstić information content (AvgIpc) is 2.80. The molecule has 176 valence electrons. The van der Waals surface area contributed by atoms with Crippen LogP contribution < -0.4 is 15.4 Å². The van der Waals surface area contributed by atoms with Crippen molar-refractivity contribution in [1.29, 1.82) is 0 Å². The van der Waals surface area contributed by atoms with E-state index in [0.29, 0.717) is 11.1 Å². The first-order chi connectivity index (χ1) is 15.2. The molecule has 3 rings (SSSR count). The summed E-state index contributed by atoms with van der Waals surface area (Å²) in [7, 11) is 1.70. The third-order valence-corrected chi connectivity index (χ3v) is 5.84. The highest BCUT2D eigenvalue weighted by molar-refractivity contribution is 14.0. The number of methoxy groups -OCH3 is 1. The zero-order valence-electron chi connectivity index (χ0n) is 19.0. The van der Waals surface area contributed by atoms with Crippen LogP contribution in [-0.2, 0) is 13.0 Å². The number of nitrogens with zero attached hydrogens (tertiary/aromatic N) is 3. The molecule has 0 amide bonds. The number of hydrogen-bond donors (Lipinski definition) is 2. The third kappa shape index (κ3) is 9.11. The molecule has 1 fully saturated rings. The van der Waals surface area contributed by atoms with Crippen LogP contribution in [0.15, 0.2) is 47.6 Å². The summed E-state index contributed by atoms with van der Waals surface area (Å²) < 4.78 is 5.24. The number of hydrogen-bond acceptors (Lipinski definition) is 4. The van der Waals surface area contributed by atoms with Crippen molar-refractivity contribution in [1.82, 2.24) is 20.5 Å². The average molecular weight is 572 g/mol. The maximum atomic E-state index is 5.85. The molecular weight excluding hydrogens is 537 g/mol. The van der Waals surface area contributed by atoms with Gasteiger partial charge in [0, 0.05) is 32.4 Å². The van der Waals surface area contributed by atoms with E-state index >= 15 is 0 Å². The van der Waals surface area contributed by atoms with E-state index in [0.717, 1.165) is 63.0 Å². The molecule has 8 heteroatoms. The van der Waals surface area contributed by atoms with Crippen LogP contribution in [0, 0.1) is 5.92 Å². The Morgan fingerprint density at radius 2 is 1.84 bits per heavy atom. The molecule has 0 atom stereocenters. The number of rotatable bonds is 9. The van der Waals surface area contributed by atoms with Gasteiger partial charge in [0.1, 0.15) is 10.9 Å². The highest BCUT2D eigenvalue weighted by atomic mass is 127. The second kappa shape index (κ2) is 14.5. The third-order valence-electron chi connectivity index (χ3n) is 5.62. The molecule has 2 aromatic rings. The number of nitrogens with one attached hydrogen (secondary N) is 2. The number of benzene rings is 1. The lowest BCUT2D eigenvalue weighted by Gasteiger charge is -2.31.